The van der Waals surface area contributed by atoms with Gasteiger partial charge in [0, 0.05) is 5.56 Å². The zero-order chi connectivity index (χ0) is 22.7. The Balaban J connectivity index is 1.70. The highest BCUT2D eigenvalue weighted by Gasteiger charge is 2.46. The molecule has 1 heterocycles. The number of hydrogen-bond donors (Lipinski definition) is 0. The first-order valence-corrected chi connectivity index (χ1v) is 13.2. The largest absolute Gasteiger partial charge is 0.441 e. The van der Waals surface area contributed by atoms with Crippen LogP contribution in [-0.4, -0.2) is 4.98 Å². The first kappa shape index (κ1) is 21.4. The fourth-order valence-corrected chi connectivity index (χ4v) is 8.62. The van der Waals surface area contributed by atoms with E-state index in [9.17, 15) is 0 Å². The van der Waals surface area contributed by atoms with Crippen molar-refractivity contribution in [2.24, 2.45) is 0 Å². The lowest BCUT2D eigenvalue weighted by Gasteiger charge is -2.27. The van der Waals surface area contributed by atoms with E-state index in [1.807, 2.05) is 6.92 Å². The van der Waals surface area contributed by atoms with E-state index >= 15 is 0 Å². The van der Waals surface area contributed by atoms with Gasteiger partial charge in [0.2, 0.25) is 5.89 Å². The van der Waals surface area contributed by atoms with Crippen LogP contribution < -0.4 is 15.9 Å². The van der Waals surface area contributed by atoms with E-state index in [2.05, 4.69) is 122 Å². The number of nitrogens with zero attached hydrogens (tertiary/aromatic N) is 1. The Morgan fingerprint density at radius 1 is 0.606 bits per heavy atom. The van der Waals surface area contributed by atoms with Crippen molar-refractivity contribution in [3.05, 3.63) is 132 Å². The number of oxazole rings is 1. The molecule has 0 bridgehead atoms. The third-order valence-corrected chi connectivity index (χ3v) is 10.5. The summed E-state index contributed by atoms with van der Waals surface area (Å²) in [6.45, 7) is 4.13. The van der Waals surface area contributed by atoms with Gasteiger partial charge in [-0.15, -0.1) is 0 Å². The molecule has 0 N–H and O–H groups in total. The van der Waals surface area contributed by atoms with Gasteiger partial charge in [0.25, 0.3) is 0 Å². The molecule has 0 unspecified atom stereocenters. The topological polar surface area (TPSA) is 26.0 Å². The van der Waals surface area contributed by atoms with E-state index in [1.165, 1.54) is 21.5 Å². The molecule has 0 amide bonds. The van der Waals surface area contributed by atoms with E-state index in [1.54, 1.807) is 0 Å². The van der Waals surface area contributed by atoms with Crippen molar-refractivity contribution in [2.75, 3.05) is 0 Å². The SMILES string of the molecule is Cc1ccc(-c2nc(C[P+](c3ccccc3)(c3ccccc3)c3ccccc3)c(C)o2)cc1. The van der Waals surface area contributed by atoms with Gasteiger partial charge in [-0.3, -0.25) is 0 Å². The molecule has 3 heteroatoms. The summed E-state index contributed by atoms with van der Waals surface area (Å²) in [4.78, 5) is 5.03. The van der Waals surface area contributed by atoms with Gasteiger partial charge >= 0.3 is 0 Å². The van der Waals surface area contributed by atoms with Crippen LogP contribution in [0.5, 0.6) is 0 Å². The standard InChI is InChI=1S/C30H27NOP/c1-23-18-20-25(21-19-23)30-31-29(24(2)32-30)22-33(26-12-6-3-7-13-26,27-14-8-4-9-15-27)28-16-10-5-11-17-28/h3-21H,22H2,1-2H3/q+1. The maximum atomic E-state index is 6.20. The molecule has 0 aliphatic heterocycles. The average molecular weight is 449 g/mol. The number of aryl methyl sites for hydroxylation is 2. The van der Waals surface area contributed by atoms with Gasteiger partial charge in [0.05, 0.1) is 0 Å². The normalized spacial score (nSPS) is 11.5. The van der Waals surface area contributed by atoms with Crippen molar-refractivity contribution >= 4 is 23.2 Å². The highest BCUT2D eigenvalue weighted by atomic mass is 31.2. The molecule has 5 aromatic rings. The lowest BCUT2D eigenvalue weighted by atomic mass is 10.1. The van der Waals surface area contributed by atoms with Crippen LogP contribution in [0, 0.1) is 13.8 Å². The van der Waals surface area contributed by atoms with Gasteiger partial charge in [-0.05, 0) is 62.4 Å². The van der Waals surface area contributed by atoms with Crippen LogP contribution in [0.4, 0.5) is 0 Å². The fraction of sp³-hybridized carbons (Fsp3) is 0.100. The van der Waals surface area contributed by atoms with Gasteiger partial charge in [0.1, 0.15) is 40.8 Å². The van der Waals surface area contributed by atoms with Crippen molar-refractivity contribution in [3.8, 4) is 11.5 Å². The predicted octanol–water partition coefficient (Wildman–Crippen LogP) is 6.45. The molecule has 162 valence electrons. The second-order valence-corrected chi connectivity index (χ2v) is 11.8. The highest BCUT2D eigenvalue weighted by Crippen LogP contribution is 2.58. The highest BCUT2D eigenvalue weighted by molar-refractivity contribution is 7.95. The van der Waals surface area contributed by atoms with E-state index in [0.29, 0.717) is 5.89 Å². The van der Waals surface area contributed by atoms with Gasteiger partial charge in [-0.25, -0.2) is 4.98 Å². The second-order valence-electron chi connectivity index (χ2n) is 8.36. The summed E-state index contributed by atoms with van der Waals surface area (Å²) in [6, 6.07) is 41.1. The molecule has 5 rings (SSSR count). The number of benzene rings is 4. The summed E-state index contributed by atoms with van der Waals surface area (Å²) in [5, 5.41) is 4.05. The molecule has 0 saturated heterocycles. The van der Waals surface area contributed by atoms with Crippen molar-refractivity contribution in [1.29, 1.82) is 0 Å². The second kappa shape index (κ2) is 9.17. The van der Waals surface area contributed by atoms with Crippen molar-refractivity contribution < 1.29 is 4.42 Å². The van der Waals surface area contributed by atoms with Crippen LogP contribution in [0.15, 0.2) is 120 Å². The molecule has 0 fully saturated rings. The Morgan fingerprint density at radius 3 is 1.52 bits per heavy atom. The van der Waals surface area contributed by atoms with Crippen LogP contribution in [0.3, 0.4) is 0 Å². The van der Waals surface area contributed by atoms with Crippen LogP contribution in [0.25, 0.3) is 11.5 Å². The van der Waals surface area contributed by atoms with E-state index in [-0.39, 0.29) is 0 Å². The fourth-order valence-electron chi connectivity index (χ4n) is 4.39. The molecule has 33 heavy (non-hydrogen) atoms. The van der Waals surface area contributed by atoms with E-state index in [0.717, 1.165) is 23.2 Å². The molecular formula is C30H27NOP+. The summed E-state index contributed by atoms with van der Waals surface area (Å²) in [5.74, 6) is 1.58. The summed E-state index contributed by atoms with van der Waals surface area (Å²) in [6.07, 6.45) is 0.812. The summed E-state index contributed by atoms with van der Waals surface area (Å²) in [7, 11) is -2.01. The minimum absolute atomic E-state index is 0.690. The predicted molar refractivity (Wildman–Crippen MR) is 140 cm³/mol. The average Bonchev–Trinajstić information content (AvgIpc) is 3.24. The van der Waals surface area contributed by atoms with Gasteiger partial charge in [-0.2, -0.15) is 0 Å². The molecule has 0 spiro atoms. The molecule has 1 aromatic heterocycles. The monoisotopic (exact) mass is 448 g/mol. The Kier molecular flexibility index (Phi) is 5.94. The van der Waals surface area contributed by atoms with E-state index < -0.39 is 7.26 Å². The zero-order valence-corrected chi connectivity index (χ0v) is 19.9. The van der Waals surface area contributed by atoms with Gasteiger partial charge < -0.3 is 4.42 Å². The first-order valence-electron chi connectivity index (χ1n) is 11.2. The lowest BCUT2D eigenvalue weighted by Crippen LogP contribution is -2.32. The Bertz CT molecular complexity index is 1230. The minimum atomic E-state index is -2.01. The quantitative estimate of drug-likeness (QED) is 0.279. The van der Waals surface area contributed by atoms with Crippen LogP contribution in [-0.2, 0) is 6.16 Å². The smallest absolute Gasteiger partial charge is 0.226 e. The molecule has 0 aliphatic rings. The van der Waals surface area contributed by atoms with Crippen LogP contribution in [0.2, 0.25) is 0 Å². The van der Waals surface area contributed by atoms with Crippen molar-refractivity contribution in [1.82, 2.24) is 4.98 Å². The van der Waals surface area contributed by atoms with Crippen LogP contribution >= 0.6 is 7.26 Å². The Hall–Kier alpha value is -3.48. The molecule has 4 aromatic carbocycles. The molecule has 0 aliphatic carbocycles. The maximum Gasteiger partial charge on any atom is 0.226 e. The molecular weight excluding hydrogens is 421 g/mol. The summed E-state index contributed by atoms with van der Waals surface area (Å²) >= 11 is 0. The molecule has 0 radical (unpaired) electrons. The first-order chi connectivity index (χ1) is 16.2. The van der Waals surface area contributed by atoms with E-state index in [4.69, 9.17) is 9.40 Å². The number of aromatic nitrogens is 1. The maximum absolute atomic E-state index is 6.20. The van der Waals surface area contributed by atoms with Gasteiger partial charge in [0.15, 0.2) is 0 Å². The number of hydrogen-bond acceptors (Lipinski definition) is 2. The summed E-state index contributed by atoms with van der Waals surface area (Å²) in [5.41, 5.74) is 3.26. The Labute approximate surface area is 196 Å². The molecule has 0 saturated carbocycles. The molecule has 0 atom stereocenters. The number of rotatable bonds is 6. The van der Waals surface area contributed by atoms with Gasteiger partial charge in [-0.1, -0.05) is 72.3 Å². The third kappa shape index (κ3) is 4.15. The summed E-state index contributed by atoms with van der Waals surface area (Å²) < 4.78 is 6.20. The minimum Gasteiger partial charge on any atom is -0.441 e. The van der Waals surface area contributed by atoms with Crippen molar-refractivity contribution in [2.45, 2.75) is 20.0 Å². The van der Waals surface area contributed by atoms with Crippen LogP contribution in [0.1, 0.15) is 17.0 Å². The lowest BCUT2D eigenvalue weighted by molar-refractivity contribution is 0.540. The molecule has 2 nitrogen and oxygen atoms in total. The Morgan fingerprint density at radius 2 is 1.06 bits per heavy atom. The van der Waals surface area contributed by atoms with Crippen molar-refractivity contribution in [3.63, 3.8) is 0 Å². The zero-order valence-electron chi connectivity index (χ0n) is 19.0. The third-order valence-electron chi connectivity index (χ3n) is 6.17.